The van der Waals surface area contributed by atoms with Crippen LogP contribution in [0.1, 0.15) is 39.5 Å². The van der Waals surface area contributed by atoms with Gasteiger partial charge in [0.05, 0.1) is 10.0 Å². The Morgan fingerprint density at radius 3 is 2.17 bits per heavy atom. The molecule has 4 nitrogen and oxygen atoms in total. The summed E-state index contributed by atoms with van der Waals surface area (Å²) in [6.45, 7) is 4.85. The van der Waals surface area contributed by atoms with Gasteiger partial charge in [0.25, 0.3) is 0 Å². The molecule has 2 amide bonds. The number of rotatable bonds is 5. The van der Waals surface area contributed by atoms with Crippen molar-refractivity contribution in [2.45, 2.75) is 39.5 Å². The Hall–Kier alpha value is -1.26. The van der Waals surface area contributed by atoms with E-state index in [1.54, 1.807) is 18.2 Å². The summed E-state index contributed by atoms with van der Waals surface area (Å²) in [5.74, 6) is 0.509. The first-order chi connectivity index (χ1) is 11.4. The van der Waals surface area contributed by atoms with Crippen LogP contribution in [-0.2, 0) is 9.59 Å². The maximum Gasteiger partial charge on any atom is 0.227 e. The molecule has 1 aliphatic rings. The second-order valence-corrected chi connectivity index (χ2v) is 7.62. The third kappa shape index (κ3) is 5.38. The molecule has 1 aromatic rings. The number of carbonyl (C=O) groups is 2. The molecular weight excluding hydrogens is 347 g/mol. The second kappa shape index (κ2) is 8.72. The molecule has 0 aromatic heterocycles. The lowest BCUT2D eigenvalue weighted by atomic mass is 9.81. The number of hydrogen-bond acceptors (Lipinski definition) is 2. The van der Waals surface area contributed by atoms with Gasteiger partial charge in [-0.1, -0.05) is 37.0 Å². The maximum absolute atomic E-state index is 12.4. The number of amides is 2. The standard InChI is InChI=1S/C18H24Cl2N2O2/c1-11(2)10-21-17(23)12-3-5-13(6-4-12)18(24)22-14-7-8-15(19)16(20)9-14/h7-9,11-13H,3-6,10H2,1-2H3,(H,21,23)(H,22,24). The summed E-state index contributed by atoms with van der Waals surface area (Å²) in [7, 11) is 0. The zero-order chi connectivity index (χ0) is 17.7. The SMILES string of the molecule is CC(C)CNC(=O)C1CCC(C(=O)Nc2ccc(Cl)c(Cl)c2)CC1. The van der Waals surface area contributed by atoms with Gasteiger partial charge in [0.2, 0.25) is 11.8 Å². The van der Waals surface area contributed by atoms with E-state index < -0.39 is 0 Å². The molecule has 0 aliphatic heterocycles. The van der Waals surface area contributed by atoms with Crippen molar-refractivity contribution in [3.8, 4) is 0 Å². The molecule has 0 saturated heterocycles. The highest BCUT2D eigenvalue weighted by atomic mass is 35.5. The predicted molar refractivity (Wildman–Crippen MR) is 98.4 cm³/mol. The Morgan fingerprint density at radius 1 is 1.04 bits per heavy atom. The number of hydrogen-bond donors (Lipinski definition) is 2. The van der Waals surface area contributed by atoms with Crippen LogP contribution in [0, 0.1) is 17.8 Å². The van der Waals surface area contributed by atoms with E-state index in [9.17, 15) is 9.59 Å². The minimum absolute atomic E-state index is 0.0190. The molecule has 0 unspecified atom stereocenters. The molecule has 1 aromatic carbocycles. The number of halogens is 2. The first-order valence-corrected chi connectivity index (χ1v) is 9.16. The van der Waals surface area contributed by atoms with E-state index in [-0.39, 0.29) is 23.7 Å². The van der Waals surface area contributed by atoms with Gasteiger partial charge in [-0.3, -0.25) is 9.59 Å². The fraction of sp³-hybridized carbons (Fsp3) is 0.556. The monoisotopic (exact) mass is 370 g/mol. The molecule has 1 fully saturated rings. The maximum atomic E-state index is 12.4. The minimum atomic E-state index is -0.0615. The summed E-state index contributed by atoms with van der Waals surface area (Å²) in [5.41, 5.74) is 0.645. The zero-order valence-electron chi connectivity index (χ0n) is 14.1. The van der Waals surface area contributed by atoms with Crippen LogP contribution < -0.4 is 10.6 Å². The fourth-order valence-electron chi connectivity index (χ4n) is 2.89. The van der Waals surface area contributed by atoms with Crippen LogP contribution in [0.3, 0.4) is 0 Å². The van der Waals surface area contributed by atoms with Crippen molar-refractivity contribution in [3.05, 3.63) is 28.2 Å². The van der Waals surface area contributed by atoms with Gasteiger partial charge in [-0.25, -0.2) is 0 Å². The van der Waals surface area contributed by atoms with Gasteiger partial charge >= 0.3 is 0 Å². The number of anilines is 1. The molecule has 1 aliphatic carbocycles. The van der Waals surface area contributed by atoms with Gasteiger partial charge in [-0.2, -0.15) is 0 Å². The van der Waals surface area contributed by atoms with E-state index in [1.165, 1.54) is 0 Å². The number of nitrogens with one attached hydrogen (secondary N) is 2. The summed E-state index contributed by atoms with van der Waals surface area (Å²) >= 11 is 11.8. The fourth-order valence-corrected chi connectivity index (χ4v) is 3.18. The van der Waals surface area contributed by atoms with E-state index in [0.717, 1.165) is 25.7 Å². The summed E-state index contributed by atoms with van der Waals surface area (Å²) in [5, 5.41) is 6.74. The van der Waals surface area contributed by atoms with Crippen molar-refractivity contribution in [3.63, 3.8) is 0 Å². The van der Waals surface area contributed by atoms with Crippen LogP contribution in [-0.4, -0.2) is 18.4 Å². The Balaban J connectivity index is 1.82. The normalized spacial score (nSPS) is 20.7. The Bertz CT molecular complexity index is 597. The molecule has 24 heavy (non-hydrogen) atoms. The third-order valence-electron chi connectivity index (χ3n) is 4.34. The van der Waals surface area contributed by atoms with Gasteiger partial charge in [0.15, 0.2) is 0 Å². The molecule has 132 valence electrons. The highest BCUT2D eigenvalue weighted by Gasteiger charge is 2.29. The third-order valence-corrected chi connectivity index (χ3v) is 5.08. The van der Waals surface area contributed by atoms with Gasteiger partial charge in [0, 0.05) is 24.1 Å². The smallest absolute Gasteiger partial charge is 0.227 e. The van der Waals surface area contributed by atoms with Crippen molar-refractivity contribution < 1.29 is 9.59 Å². The topological polar surface area (TPSA) is 58.2 Å². The number of benzene rings is 1. The van der Waals surface area contributed by atoms with Crippen molar-refractivity contribution >= 4 is 40.7 Å². The minimum Gasteiger partial charge on any atom is -0.356 e. The molecule has 1 saturated carbocycles. The largest absolute Gasteiger partial charge is 0.356 e. The van der Waals surface area contributed by atoms with Crippen molar-refractivity contribution in [2.24, 2.45) is 17.8 Å². The van der Waals surface area contributed by atoms with Crippen molar-refractivity contribution in [1.82, 2.24) is 5.32 Å². The molecule has 0 bridgehead atoms. The molecule has 6 heteroatoms. The van der Waals surface area contributed by atoms with Crippen LogP contribution >= 0.6 is 23.2 Å². The average Bonchev–Trinajstić information content (AvgIpc) is 2.56. The van der Waals surface area contributed by atoms with Crippen molar-refractivity contribution in [2.75, 3.05) is 11.9 Å². The van der Waals surface area contributed by atoms with Crippen LogP contribution in [0.25, 0.3) is 0 Å². The van der Waals surface area contributed by atoms with Crippen molar-refractivity contribution in [1.29, 1.82) is 0 Å². The zero-order valence-corrected chi connectivity index (χ0v) is 15.6. The summed E-state index contributed by atoms with van der Waals surface area (Å²) in [6, 6.07) is 5.04. The van der Waals surface area contributed by atoms with Crippen LogP contribution in [0.4, 0.5) is 5.69 Å². The lowest BCUT2D eigenvalue weighted by molar-refractivity contribution is -0.128. The molecular formula is C18H24Cl2N2O2. The van der Waals surface area contributed by atoms with Gasteiger partial charge < -0.3 is 10.6 Å². The lowest BCUT2D eigenvalue weighted by Gasteiger charge is -2.27. The summed E-state index contributed by atoms with van der Waals surface area (Å²) < 4.78 is 0. The first-order valence-electron chi connectivity index (χ1n) is 8.40. The van der Waals surface area contributed by atoms with E-state index in [0.29, 0.717) is 28.2 Å². The van der Waals surface area contributed by atoms with E-state index >= 15 is 0 Å². The van der Waals surface area contributed by atoms with Gasteiger partial charge in [-0.05, 0) is 49.8 Å². The van der Waals surface area contributed by atoms with E-state index in [1.807, 2.05) is 0 Å². The summed E-state index contributed by atoms with van der Waals surface area (Å²) in [6.07, 6.45) is 2.96. The molecule has 0 heterocycles. The quantitative estimate of drug-likeness (QED) is 0.800. The Labute approximate surface area is 153 Å². The van der Waals surface area contributed by atoms with Gasteiger partial charge in [-0.15, -0.1) is 0 Å². The van der Waals surface area contributed by atoms with Crippen LogP contribution in [0.5, 0.6) is 0 Å². The second-order valence-electron chi connectivity index (χ2n) is 6.81. The molecule has 2 rings (SSSR count). The number of carbonyl (C=O) groups excluding carboxylic acids is 2. The molecule has 2 N–H and O–H groups in total. The summed E-state index contributed by atoms with van der Waals surface area (Å²) in [4.78, 5) is 24.5. The average molecular weight is 371 g/mol. The van der Waals surface area contributed by atoms with E-state index in [4.69, 9.17) is 23.2 Å². The Morgan fingerprint density at radius 2 is 1.62 bits per heavy atom. The van der Waals surface area contributed by atoms with Gasteiger partial charge in [0.1, 0.15) is 0 Å². The first kappa shape index (κ1) is 19.1. The molecule has 0 atom stereocenters. The Kier molecular flexibility index (Phi) is 6.93. The van der Waals surface area contributed by atoms with E-state index in [2.05, 4.69) is 24.5 Å². The van der Waals surface area contributed by atoms with Crippen LogP contribution in [0.2, 0.25) is 10.0 Å². The van der Waals surface area contributed by atoms with Crippen LogP contribution in [0.15, 0.2) is 18.2 Å². The lowest BCUT2D eigenvalue weighted by Crippen LogP contribution is -2.36. The highest BCUT2D eigenvalue weighted by Crippen LogP contribution is 2.31. The molecule has 0 spiro atoms. The predicted octanol–water partition coefficient (Wildman–Crippen LogP) is 4.51. The molecule has 0 radical (unpaired) electrons. The highest BCUT2D eigenvalue weighted by molar-refractivity contribution is 6.42.